The maximum Gasteiger partial charge on any atom is 0.268 e. The van der Waals surface area contributed by atoms with Crippen molar-refractivity contribution in [2.24, 2.45) is 4.99 Å². The van der Waals surface area contributed by atoms with Crippen LogP contribution in [-0.4, -0.2) is 12.1 Å². The van der Waals surface area contributed by atoms with E-state index in [4.69, 9.17) is 0 Å². The van der Waals surface area contributed by atoms with Gasteiger partial charge in [-0.1, -0.05) is 52.0 Å². The van der Waals surface area contributed by atoms with Crippen molar-refractivity contribution in [3.63, 3.8) is 0 Å². The summed E-state index contributed by atoms with van der Waals surface area (Å²) in [6.07, 6.45) is 12.9. The van der Waals surface area contributed by atoms with Gasteiger partial charge in [-0.2, -0.15) is 0 Å². The zero-order valence-corrected chi connectivity index (χ0v) is 9.87. The Morgan fingerprint density at radius 1 is 1.13 bits per heavy atom. The van der Waals surface area contributed by atoms with Gasteiger partial charge in [0.25, 0.3) is 5.91 Å². The second-order valence-corrected chi connectivity index (χ2v) is 3.76. The number of nitrogens with zero attached hydrogens (tertiary/aromatic N) is 1. The Hall–Kier alpha value is -0.920. The van der Waals surface area contributed by atoms with Crippen LogP contribution in [0.25, 0.3) is 0 Å². The third-order valence-corrected chi connectivity index (χ3v) is 2.33. The van der Waals surface area contributed by atoms with Crippen LogP contribution in [0, 0.1) is 0 Å². The Balaban J connectivity index is 3.14. The highest BCUT2D eigenvalue weighted by Gasteiger charge is 1.90. The van der Waals surface area contributed by atoms with Gasteiger partial charge in [-0.05, 0) is 18.9 Å². The molecule has 0 aromatic rings. The molecular formula is C13H23NO. The van der Waals surface area contributed by atoms with Crippen LogP contribution < -0.4 is 0 Å². The third kappa shape index (κ3) is 11.0. The van der Waals surface area contributed by atoms with Crippen LogP contribution in [-0.2, 0) is 4.79 Å². The molecule has 0 radical (unpaired) electrons. The molecule has 0 aliphatic rings. The predicted octanol–water partition coefficient (Wildman–Crippen LogP) is 3.91. The van der Waals surface area contributed by atoms with E-state index < -0.39 is 0 Å². The summed E-state index contributed by atoms with van der Waals surface area (Å²) in [7, 11) is 0. The summed E-state index contributed by atoms with van der Waals surface area (Å²) >= 11 is 0. The lowest BCUT2D eigenvalue weighted by molar-refractivity contribution is -0.113. The van der Waals surface area contributed by atoms with Crippen molar-refractivity contribution in [3.05, 3.63) is 12.7 Å². The van der Waals surface area contributed by atoms with E-state index in [2.05, 4.69) is 18.5 Å². The summed E-state index contributed by atoms with van der Waals surface area (Å²) in [6.45, 7) is 5.58. The first kappa shape index (κ1) is 14.1. The molecule has 2 heteroatoms. The molecule has 0 aromatic carbocycles. The number of rotatable bonds is 9. The van der Waals surface area contributed by atoms with E-state index in [0.717, 1.165) is 12.8 Å². The molecule has 0 heterocycles. The summed E-state index contributed by atoms with van der Waals surface area (Å²) < 4.78 is 0. The van der Waals surface area contributed by atoms with Crippen molar-refractivity contribution < 1.29 is 4.79 Å². The smallest absolute Gasteiger partial charge is 0.268 e. The lowest BCUT2D eigenvalue weighted by Gasteiger charge is -1.98. The Labute approximate surface area is 93.5 Å². The van der Waals surface area contributed by atoms with E-state index in [1.807, 2.05) is 0 Å². The zero-order valence-electron chi connectivity index (χ0n) is 9.87. The molecule has 1 amide bonds. The first-order chi connectivity index (χ1) is 7.31. The molecule has 0 aliphatic heterocycles. The highest BCUT2D eigenvalue weighted by molar-refractivity contribution is 5.92. The molecule has 0 N–H and O–H groups in total. The van der Waals surface area contributed by atoms with Gasteiger partial charge in [0.05, 0.1) is 0 Å². The van der Waals surface area contributed by atoms with Crippen LogP contribution in [0.15, 0.2) is 17.6 Å². The number of hydrogen-bond acceptors (Lipinski definition) is 1. The molecule has 0 spiro atoms. The number of aliphatic imine (C=N–C) groups is 1. The molecule has 0 bridgehead atoms. The lowest BCUT2D eigenvalue weighted by Crippen LogP contribution is -1.87. The van der Waals surface area contributed by atoms with E-state index in [9.17, 15) is 4.79 Å². The van der Waals surface area contributed by atoms with Crippen LogP contribution in [0.4, 0.5) is 0 Å². The topological polar surface area (TPSA) is 29.4 Å². The number of unbranched alkanes of at least 4 members (excludes halogenated alkanes) is 7. The second kappa shape index (κ2) is 11.2. The Kier molecular flexibility index (Phi) is 10.5. The fourth-order valence-corrected chi connectivity index (χ4v) is 1.40. The Bertz CT molecular complexity index is 197. The van der Waals surface area contributed by atoms with Crippen molar-refractivity contribution >= 4 is 12.1 Å². The van der Waals surface area contributed by atoms with E-state index in [1.54, 1.807) is 6.21 Å². The largest absolute Gasteiger partial charge is 0.268 e. The van der Waals surface area contributed by atoms with E-state index >= 15 is 0 Å². The molecule has 0 saturated heterocycles. The van der Waals surface area contributed by atoms with Crippen molar-refractivity contribution in [1.29, 1.82) is 0 Å². The molecule has 0 aliphatic carbocycles. The van der Waals surface area contributed by atoms with Gasteiger partial charge in [-0.15, -0.1) is 0 Å². The van der Waals surface area contributed by atoms with Gasteiger partial charge in [0.1, 0.15) is 0 Å². The first-order valence-electron chi connectivity index (χ1n) is 6.00. The van der Waals surface area contributed by atoms with Gasteiger partial charge in [-0.3, -0.25) is 4.79 Å². The standard InChI is InChI=1S/C13H23NO/c1-3-5-6-7-8-9-10-11-12-14-13(15)4-2/h4,12H,2-3,5-11H2,1H3. The van der Waals surface area contributed by atoms with Crippen LogP contribution in [0.3, 0.4) is 0 Å². The summed E-state index contributed by atoms with van der Waals surface area (Å²) in [4.78, 5) is 14.4. The molecule has 0 rings (SSSR count). The summed E-state index contributed by atoms with van der Waals surface area (Å²) in [6, 6.07) is 0. The maximum atomic E-state index is 10.7. The fourth-order valence-electron chi connectivity index (χ4n) is 1.40. The Morgan fingerprint density at radius 3 is 2.33 bits per heavy atom. The average Bonchev–Trinajstić information content (AvgIpc) is 2.26. The van der Waals surface area contributed by atoms with Gasteiger partial charge in [0, 0.05) is 6.21 Å². The minimum Gasteiger partial charge on any atom is -0.268 e. The molecule has 0 saturated carbocycles. The minimum absolute atomic E-state index is 0.238. The van der Waals surface area contributed by atoms with Gasteiger partial charge in [-0.25, -0.2) is 4.99 Å². The van der Waals surface area contributed by atoms with Gasteiger partial charge in [0.2, 0.25) is 0 Å². The van der Waals surface area contributed by atoms with Gasteiger partial charge < -0.3 is 0 Å². The van der Waals surface area contributed by atoms with Gasteiger partial charge >= 0.3 is 0 Å². The molecule has 0 fully saturated rings. The Morgan fingerprint density at radius 2 is 1.73 bits per heavy atom. The summed E-state index contributed by atoms with van der Waals surface area (Å²) in [5.41, 5.74) is 0. The number of amides is 1. The summed E-state index contributed by atoms with van der Waals surface area (Å²) in [5.74, 6) is -0.238. The number of carbonyl (C=O) groups excluding carboxylic acids is 1. The molecule has 86 valence electrons. The fraction of sp³-hybridized carbons (Fsp3) is 0.692. The van der Waals surface area contributed by atoms with E-state index in [-0.39, 0.29) is 5.91 Å². The molecule has 2 nitrogen and oxygen atoms in total. The predicted molar refractivity (Wildman–Crippen MR) is 66.3 cm³/mol. The second-order valence-electron chi connectivity index (χ2n) is 3.76. The molecule has 0 unspecified atom stereocenters. The van der Waals surface area contributed by atoms with Crippen LogP contribution in [0.2, 0.25) is 0 Å². The highest BCUT2D eigenvalue weighted by atomic mass is 16.1. The molecule has 0 atom stereocenters. The van der Waals surface area contributed by atoms with Crippen molar-refractivity contribution in [3.8, 4) is 0 Å². The van der Waals surface area contributed by atoms with Crippen LogP contribution in [0.1, 0.15) is 58.3 Å². The van der Waals surface area contributed by atoms with Crippen molar-refractivity contribution in [2.75, 3.05) is 0 Å². The quantitative estimate of drug-likeness (QED) is 0.321. The van der Waals surface area contributed by atoms with E-state index in [0.29, 0.717) is 0 Å². The molecule has 15 heavy (non-hydrogen) atoms. The van der Waals surface area contributed by atoms with Crippen molar-refractivity contribution in [2.45, 2.75) is 58.3 Å². The lowest BCUT2D eigenvalue weighted by atomic mass is 10.1. The van der Waals surface area contributed by atoms with E-state index in [1.165, 1.54) is 44.6 Å². The zero-order chi connectivity index (χ0) is 11.4. The number of carbonyl (C=O) groups is 1. The minimum atomic E-state index is -0.238. The third-order valence-electron chi connectivity index (χ3n) is 2.33. The van der Waals surface area contributed by atoms with Crippen LogP contribution in [0.5, 0.6) is 0 Å². The normalized spacial score (nSPS) is 10.7. The van der Waals surface area contributed by atoms with Gasteiger partial charge in [0.15, 0.2) is 0 Å². The monoisotopic (exact) mass is 209 g/mol. The molecule has 0 aromatic heterocycles. The first-order valence-corrected chi connectivity index (χ1v) is 6.00. The SMILES string of the molecule is C=CC(=O)N=CCCCCCCCCC. The van der Waals surface area contributed by atoms with Crippen LogP contribution >= 0.6 is 0 Å². The summed E-state index contributed by atoms with van der Waals surface area (Å²) in [5, 5.41) is 0. The molecular weight excluding hydrogens is 186 g/mol. The number of hydrogen-bond donors (Lipinski definition) is 0. The highest BCUT2D eigenvalue weighted by Crippen LogP contribution is 2.07. The maximum absolute atomic E-state index is 10.7. The van der Waals surface area contributed by atoms with Crippen molar-refractivity contribution in [1.82, 2.24) is 0 Å². The average molecular weight is 209 g/mol.